The topological polar surface area (TPSA) is 63.2 Å². The molecule has 0 atom stereocenters. The Hall–Kier alpha value is -1.62. The summed E-state index contributed by atoms with van der Waals surface area (Å²) in [6.45, 7) is 5.59. The van der Waals surface area contributed by atoms with E-state index in [0.29, 0.717) is 6.42 Å². The third kappa shape index (κ3) is 4.22. The smallest absolute Gasteiger partial charge is 0.264 e. The summed E-state index contributed by atoms with van der Waals surface area (Å²) in [6.07, 6.45) is 7.75. The maximum absolute atomic E-state index is 12.7. The number of rotatable bonds is 7. The minimum Gasteiger partial charge on any atom is -0.273 e. The largest absolute Gasteiger partial charge is 0.273 e. The Bertz CT molecular complexity index is 656. The maximum atomic E-state index is 12.7. The van der Waals surface area contributed by atoms with Crippen molar-refractivity contribution in [3.8, 4) is 0 Å². The zero-order valence-corrected chi connectivity index (χ0v) is 14.5. The normalized spacial score (nSPS) is 16.9. The van der Waals surface area contributed by atoms with E-state index in [9.17, 15) is 13.2 Å². The summed E-state index contributed by atoms with van der Waals surface area (Å²) in [5.74, 6) is -0.348. The Balaban J connectivity index is 2.14. The predicted octanol–water partition coefficient (Wildman–Crippen LogP) is 3.72. The van der Waals surface area contributed by atoms with Crippen LogP contribution < -0.4 is 4.72 Å². The molecule has 0 heterocycles. The van der Waals surface area contributed by atoms with E-state index in [4.69, 9.17) is 0 Å². The van der Waals surface area contributed by atoms with Crippen molar-refractivity contribution in [2.24, 2.45) is 5.41 Å². The number of unbranched alkanes of at least 4 members (excludes halogenated alkanes) is 1. The molecular weight excluding hydrogens is 310 g/mol. The van der Waals surface area contributed by atoms with Gasteiger partial charge in [0.1, 0.15) is 0 Å². The highest BCUT2D eigenvalue weighted by molar-refractivity contribution is 7.90. The van der Waals surface area contributed by atoms with Gasteiger partial charge in [-0.25, -0.2) is 13.1 Å². The van der Waals surface area contributed by atoms with Crippen molar-refractivity contribution in [3.05, 3.63) is 42.5 Å². The van der Waals surface area contributed by atoms with Gasteiger partial charge in [0.05, 0.1) is 10.3 Å². The third-order valence-corrected chi connectivity index (χ3v) is 6.01. The van der Waals surface area contributed by atoms with E-state index in [1.54, 1.807) is 12.1 Å². The minimum atomic E-state index is -3.80. The van der Waals surface area contributed by atoms with Gasteiger partial charge < -0.3 is 0 Å². The van der Waals surface area contributed by atoms with Crippen LogP contribution in [-0.4, -0.2) is 14.3 Å². The highest BCUT2D eigenvalue weighted by Gasteiger charge is 2.42. The number of sulfonamides is 1. The Morgan fingerprint density at radius 1 is 1.26 bits per heavy atom. The summed E-state index contributed by atoms with van der Waals surface area (Å²) < 4.78 is 27.2. The van der Waals surface area contributed by atoms with Gasteiger partial charge >= 0.3 is 0 Å². The van der Waals surface area contributed by atoms with Crippen molar-refractivity contribution in [3.63, 3.8) is 0 Å². The van der Waals surface area contributed by atoms with Gasteiger partial charge in [-0.15, -0.1) is 6.58 Å². The molecule has 4 nitrogen and oxygen atoms in total. The molecule has 1 fully saturated rings. The molecule has 5 heteroatoms. The molecule has 1 aromatic carbocycles. The molecule has 1 N–H and O–H groups in total. The second kappa shape index (κ2) is 7.30. The molecule has 1 aliphatic carbocycles. The molecule has 0 unspecified atom stereocenters. The van der Waals surface area contributed by atoms with Gasteiger partial charge in [-0.2, -0.15) is 0 Å². The molecule has 126 valence electrons. The van der Waals surface area contributed by atoms with Crippen LogP contribution in [0.3, 0.4) is 0 Å². The molecule has 1 amide bonds. The van der Waals surface area contributed by atoms with Crippen LogP contribution >= 0.6 is 0 Å². The van der Waals surface area contributed by atoms with Crippen LogP contribution in [-0.2, 0) is 14.8 Å². The van der Waals surface area contributed by atoms with Crippen molar-refractivity contribution in [1.82, 2.24) is 4.72 Å². The quantitative estimate of drug-likeness (QED) is 0.610. The lowest BCUT2D eigenvalue weighted by atomic mass is 9.80. The van der Waals surface area contributed by atoms with Crippen molar-refractivity contribution >= 4 is 15.9 Å². The van der Waals surface area contributed by atoms with Crippen molar-refractivity contribution in [2.45, 2.75) is 56.8 Å². The average Bonchev–Trinajstić information content (AvgIpc) is 2.98. The number of hydrogen-bond acceptors (Lipinski definition) is 3. The van der Waals surface area contributed by atoms with Crippen LogP contribution in [0.25, 0.3) is 0 Å². The Kier molecular flexibility index (Phi) is 5.63. The summed E-state index contributed by atoms with van der Waals surface area (Å²) >= 11 is 0. The monoisotopic (exact) mass is 335 g/mol. The van der Waals surface area contributed by atoms with E-state index >= 15 is 0 Å². The molecule has 1 aromatic rings. The van der Waals surface area contributed by atoms with Gasteiger partial charge in [-0.1, -0.05) is 36.6 Å². The van der Waals surface area contributed by atoms with Crippen LogP contribution in [0.1, 0.15) is 50.5 Å². The number of aryl methyl sites for hydroxylation is 1. The summed E-state index contributed by atoms with van der Waals surface area (Å²) in [6, 6.07) is 6.52. The summed E-state index contributed by atoms with van der Waals surface area (Å²) in [7, 11) is -3.80. The first kappa shape index (κ1) is 17.7. The first-order valence-electron chi connectivity index (χ1n) is 8.14. The van der Waals surface area contributed by atoms with Crippen molar-refractivity contribution in [2.75, 3.05) is 0 Å². The van der Waals surface area contributed by atoms with Crippen LogP contribution in [0, 0.1) is 12.3 Å². The number of allylic oxidation sites excluding steroid dienone is 1. The molecule has 0 spiro atoms. The fourth-order valence-electron chi connectivity index (χ4n) is 3.23. The number of nitrogens with one attached hydrogen (secondary N) is 1. The molecule has 0 aliphatic heterocycles. The van der Waals surface area contributed by atoms with Crippen LogP contribution in [0.4, 0.5) is 0 Å². The Morgan fingerprint density at radius 2 is 1.87 bits per heavy atom. The third-order valence-electron chi connectivity index (χ3n) is 4.66. The SMILES string of the molecule is C=CCCCC1(C(=O)NS(=O)(=O)c2ccc(C)cc2)CCCC1. The molecule has 0 radical (unpaired) electrons. The number of hydrogen-bond donors (Lipinski definition) is 1. The lowest BCUT2D eigenvalue weighted by Crippen LogP contribution is -2.42. The van der Waals surface area contributed by atoms with Gasteiger partial charge in [0.25, 0.3) is 10.0 Å². The second-order valence-corrected chi connectivity index (χ2v) is 8.10. The van der Waals surface area contributed by atoms with E-state index in [2.05, 4.69) is 11.3 Å². The number of benzene rings is 1. The van der Waals surface area contributed by atoms with Gasteiger partial charge in [0.2, 0.25) is 5.91 Å². The second-order valence-electron chi connectivity index (χ2n) is 6.42. The lowest BCUT2D eigenvalue weighted by Gasteiger charge is -2.27. The molecule has 1 aliphatic rings. The first-order valence-corrected chi connectivity index (χ1v) is 9.63. The zero-order chi connectivity index (χ0) is 16.9. The summed E-state index contributed by atoms with van der Waals surface area (Å²) in [4.78, 5) is 12.8. The fourth-order valence-corrected chi connectivity index (χ4v) is 4.31. The highest BCUT2D eigenvalue weighted by atomic mass is 32.2. The predicted molar refractivity (Wildman–Crippen MR) is 91.5 cm³/mol. The van der Waals surface area contributed by atoms with Gasteiger partial charge in [-0.3, -0.25) is 4.79 Å². The van der Waals surface area contributed by atoms with E-state index in [-0.39, 0.29) is 10.8 Å². The number of carbonyl (C=O) groups is 1. The summed E-state index contributed by atoms with van der Waals surface area (Å²) in [5, 5.41) is 0. The molecule has 23 heavy (non-hydrogen) atoms. The molecule has 0 saturated heterocycles. The van der Waals surface area contributed by atoms with Gasteiger partial charge in [-0.05, 0) is 51.2 Å². The van der Waals surface area contributed by atoms with E-state index in [1.807, 2.05) is 13.0 Å². The van der Waals surface area contributed by atoms with Crippen molar-refractivity contribution in [1.29, 1.82) is 0 Å². The zero-order valence-electron chi connectivity index (χ0n) is 13.7. The average molecular weight is 335 g/mol. The van der Waals surface area contributed by atoms with Crippen LogP contribution in [0.15, 0.2) is 41.8 Å². The number of amides is 1. The molecule has 2 rings (SSSR count). The van der Waals surface area contributed by atoms with E-state index < -0.39 is 15.4 Å². The lowest BCUT2D eigenvalue weighted by molar-refractivity contribution is -0.129. The molecule has 0 bridgehead atoms. The van der Waals surface area contributed by atoms with Gasteiger partial charge in [0.15, 0.2) is 0 Å². The van der Waals surface area contributed by atoms with Gasteiger partial charge in [0, 0.05) is 0 Å². The molecule has 1 saturated carbocycles. The van der Waals surface area contributed by atoms with Crippen molar-refractivity contribution < 1.29 is 13.2 Å². The van der Waals surface area contributed by atoms with Crippen LogP contribution in [0.5, 0.6) is 0 Å². The Morgan fingerprint density at radius 3 is 2.43 bits per heavy atom. The van der Waals surface area contributed by atoms with E-state index in [0.717, 1.165) is 44.1 Å². The first-order chi connectivity index (χ1) is 10.9. The Labute approximate surface area is 139 Å². The molecular formula is C18H25NO3S. The van der Waals surface area contributed by atoms with Crippen LogP contribution in [0.2, 0.25) is 0 Å². The maximum Gasteiger partial charge on any atom is 0.264 e. The fraction of sp³-hybridized carbons (Fsp3) is 0.500. The number of carbonyl (C=O) groups excluding carboxylic acids is 1. The summed E-state index contributed by atoms with van der Waals surface area (Å²) in [5.41, 5.74) is 0.438. The highest BCUT2D eigenvalue weighted by Crippen LogP contribution is 2.42. The standard InChI is InChI=1S/C18H25NO3S/c1-3-4-5-12-18(13-6-7-14-18)17(20)19-23(21,22)16-10-8-15(2)9-11-16/h3,8-11H,1,4-7,12-14H2,2H3,(H,19,20). The van der Waals surface area contributed by atoms with E-state index in [1.165, 1.54) is 12.1 Å². The minimum absolute atomic E-state index is 0.135. The molecule has 0 aromatic heterocycles.